The lowest BCUT2D eigenvalue weighted by Gasteiger charge is -2.17. The van der Waals surface area contributed by atoms with Gasteiger partial charge in [-0.2, -0.15) is 5.10 Å². The van der Waals surface area contributed by atoms with Crippen LogP contribution in [0.3, 0.4) is 0 Å². The van der Waals surface area contributed by atoms with Gasteiger partial charge < -0.3 is 10.4 Å². The van der Waals surface area contributed by atoms with Crippen molar-refractivity contribution in [2.75, 3.05) is 5.32 Å². The second-order valence-corrected chi connectivity index (χ2v) is 4.24. The first kappa shape index (κ1) is 13.1. The third-order valence-electron chi connectivity index (χ3n) is 2.65. The monoisotopic (exact) mass is 263 g/mol. The van der Waals surface area contributed by atoms with Crippen molar-refractivity contribution in [3.63, 3.8) is 0 Å². The number of carboxylic acids is 1. The highest BCUT2D eigenvalue weighted by molar-refractivity contribution is 5.94. The lowest BCUT2D eigenvalue weighted by molar-refractivity contribution is 0.0697. The minimum atomic E-state index is -1.16. The summed E-state index contributed by atoms with van der Waals surface area (Å²) in [6.07, 6.45) is 3.44. The molecule has 1 aromatic heterocycles. The SMILES string of the molecule is CC(Cn1cccn1)Nc1c(F)cccc1C(=O)O. The van der Waals surface area contributed by atoms with Gasteiger partial charge in [0.2, 0.25) is 0 Å². The van der Waals surface area contributed by atoms with Crippen molar-refractivity contribution in [2.24, 2.45) is 0 Å². The average molecular weight is 263 g/mol. The summed E-state index contributed by atoms with van der Waals surface area (Å²) in [4.78, 5) is 11.0. The van der Waals surface area contributed by atoms with Gasteiger partial charge in [-0.3, -0.25) is 4.68 Å². The molecule has 0 bridgehead atoms. The predicted molar refractivity (Wildman–Crippen MR) is 68.7 cm³/mol. The molecule has 1 unspecified atom stereocenters. The molecule has 5 nitrogen and oxygen atoms in total. The van der Waals surface area contributed by atoms with Crippen LogP contribution in [-0.2, 0) is 6.54 Å². The number of anilines is 1. The average Bonchev–Trinajstić information content (AvgIpc) is 2.84. The molecule has 2 N–H and O–H groups in total. The number of carboxylic acid groups (broad SMARTS) is 1. The number of aromatic nitrogens is 2. The van der Waals surface area contributed by atoms with Gasteiger partial charge in [-0.1, -0.05) is 6.07 Å². The first-order valence-corrected chi connectivity index (χ1v) is 5.83. The van der Waals surface area contributed by atoms with Gasteiger partial charge in [-0.05, 0) is 25.1 Å². The molecule has 19 heavy (non-hydrogen) atoms. The summed E-state index contributed by atoms with van der Waals surface area (Å²) in [5.41, 5.74) is -0.0676. The molecule has 0 amide bonds. The molecule has 0 saturated carbocycles. The molecule has 1 atom stereocenters. The lowest BCUT2D eigenvalue weighted by atomic mass is 10.1. The summed E-state index contributed by atoms with van der Waals surface area (Å²) in [5, 5.41) is 16.0. The van der Waals surface area contributed by atoms with Crippen LogP contribution in [0.1, 0.15) is 17.3 Å². The van der Waals surface area contributed by atoms with Gasteiger partial charge in [0.25, 0.3) is 0 Å². The number of nitrogens with zero attached hydrogens (tertiary/aromatic N) is 2. The van der Waals surface area contributed by atoms with Crippen molar-refractivity contribution >= 4 is 11.7 Å². The molecule has 100 valence electrons. The van der Waals surface area contributed by atoms with Crippen LogP contribution < -0.4 is 5.32 Å². The van der Waals surface area contributed by atoms with Crippen LogP contribution in [-0.4, -0.2) is 26.9 Å². The Hall–Kier alpha value is -2.37. The largest absolute Gasteiger partial charge is 0.478 e. The molecule has 1 aromatic carbocycles. The molecular formula is C13H14FN3O2. The second-order valence-electron chi connectivity index (χ2n) is 4.24. The minimum Gasteiger partial charge on any atom is -0.478 e. The van der Waals surface area contributed by atoms with Crippen LogP contribution in [0.25, 0.3) is 0 Å². The van der Waals surface area contributed by atoms with E-state index < -0.39 is 11.8 Å². The Balaban J connectivity index is 2.16. The zero-order valence-corrected chi connectivity index (χ0v) is 10.4. The first-order valence-electron chi connectivity index (χ1n) is 5.83. The molecule has 0 saturated heterocycles. The fourth-order valence-corrected chi connectivity index (χ4v) is 1.83. The Labute approximate surface area is 109 Å². The summed E-state index contributed by atoms with van der Waals surface area (Å²) in [7, 11) is 0. The van der Waals surface area contributed by atoms with Gasteiger partial charge in [-0.25, -0.2) is 9.18 Å². The van der Waals surface area contributed by atoms with Gasteiger partial charge in [0.15, 0.2) is 0 Å². The van der Waals surface area contributed by atoms with Crippen LogP contribution in [0.2, 0.25) is 0 Å². The Kier molecular flexibility index (Phi) is 3.79. The zero-order valence-electron chi connectivity index (χ0n) is 10.4. The number of para-hydroxylation sites is 1. The van der Waals surface area contributed by atoms with E-state index in [2.05, 4.69) is 10.4 Å². The molecule has 2 aromatic rings. The third-order valence-corrected chi connectivity index (χ3v) is 2.65. The predicted octanol–water partition coefficient (Wildman–Crippen LogP) is 2.22. The number of hydrogen-bond donors (Lipinski definition) is 2. The van der Waals surface area contributed by atoms with Crippen molar-refractivity contribution in [1.29, 1.82) is 0 Å². The Morgan fingerprint density at radius 3 is 2.95 bits per heavy atom. The molecule has 0 aliphatic carbocycles. The molecule has 1 heterocycles. The van der Waals surface area contributed by atoms with Gasteiger partial charge in [0, 0.05) is 18.4 Å². The normalized spacial score (nSPS) is 12.1. The maximum atomic E-state index is 13.7. The number of rotatable bonds is 5. The van der Waals surface area contributed by atoms with E-state index >= 15 is 0 Å². The maximum absolute atomic E-state index is 13.7. The Morgan fingerprint density at radius 2 is 2.32 bits per heavy atom. The summed E-state index contributed by atoms with van der Waals surface area (Å²) >= 11 is 0. The van der Waals surface area contributed by atoms with Gasteiger partial charge in [0.05, 0.1) is 17.8 Å². The van der Waals surface area contributed by atoms with Crippen molar-refractivity contribution in [1.82, 2.24) is 9.78 Å². The fourth-order valence-electron chi connectivity index (χ4n) is 1.83. The zero-order chi connectivity index (χ0) is 13.8. The number of hydrogen-bond acceptors (Lipinski definition) is 3. The summed E-state index contributed by atoms with van der Waals surface area (Å²) < 4.78 is 15.4. The smallest absolute Gasteiger partial charge is 0.337 e. The molecule has 0 radical (unpaired) electrons. The number of benzene rings is 1. The first-order chi connectivity index (χ1) is 9.08. The van der Waals surface area contributed by atoms with E-state index in [1.807, 2.05) is 6.92 Å². The number of carbonyl (C=O) groups is 1. The fraction of sp³-hybridized carbons (Fsp3) is 0.231. The van der Waals surface area contributed by atoms with Gasteiger partial charge in [0.1, 0.15) is 5.82 Å². The van der Waals surface area contributed by atoms with E-state index in [-0.39, 0.29) is 17.3 Å². The minimum absolute atomic E-state index is 0.00894. The molecule has 2 rings (SSSR count). The van der Waals surface area contributed by atoms with Crippen LogP contribution in [0.4, 0.5) is 10.1 Å². The number of aromatic carboxylic acids is 1. The molecule has 0 fully saturated rings. The Bertz CT molecular complexity index is 569. The van der Waals surface area contributed by atoms with E-state index in [9.17, 15) is 9.18 Å². The van der Waals surface area contributed by atoms with E-state index in [1.54, 1.807) is 23.1 Å². The summed E-state index contributed by atoms with van der Waals surface area (Å²) in [5.74, 6) is -1.74. The van der Waals surface area contributed by atoms with Crippen molar-refractivity contribution in [3.8, 4) is 0 Å². The van der Waals surface area contributed by atoms with E-state index in [0.29, 0.717) is 6.54 Å². The van der Waals surface area contributed by atoms with Crippen molar-refractivity contribution in [3.05, 3.63) is 48.0 Å². The van der Waals surface area contributed by atoms with Crippen LogP contribution in [0.5, 0.6) is 0 Å². The third kappa shape index (κ3) is 3.09. The highest BCUT2D eigenvalue weighted by Gasteiger charge is 2.16. The molecular weight excluding hydrogens is 249 g/mol. The molecule has 6 heteroatoms. The van der Waals surface area contributed by atoms with Gasteiger partial charge >= 0.3 is 5.97 Å². The van der Waals surface area contributed by atoms with E-state index in [0.717, 1.165) is 0 Å². The Morgan fingerprint density at radius 1 is 1.53 bits per heavy atom. The highest BCUT2D eigenvalue weighted by atomic mass is 19.1. The van der Waals surface area contributed by atoms with E-state index in [1.165, 1.54) is 18.2 Å². The van der Waals surface area contributed by atoms with Crippen molar-refractivity contribution in [2.45, 2.75) is 19.5 Å². The summed E-state index contributed by atoms with van der Waals surface area (Å²) in [6.45, 7) is 2.35. The second kappa shape index (κ2) is 5.51. The number of nitrogens with one attached hydrogen (secondary N) is 1. The molecule has 0 aliphatic heterocycles. The van der Waals surface area contributed by atoms with Crippen LogP contribution in [0.15, 0.2) is 36.7 Å². The van der Waals surface area contributed by atoms with Crippen LogP contribution in [0, 0.1) is 5.82 Å². The van der Waals surface area contributed by atoms with Crippen molar-refractivity contribution < 1.29 is 14.3 Å². The lowest BCUT2D eigenvalue weighted by Crippen LogP contribution is -2.24. The van der Waals surface area contributed by atoms with Gasteiger partial charge in [-0.15, -0.1) is 0 Å². The standard InChI is InChI=1S/C13H14FN3O2/c1-9(8-17-7-3-6-15-17)16-12-10(13(18)19)4-2-5-11(12)14/h2-7,9,16H,8H2,1H3,(H,18,19). The molecule has 0 aliphatic rings. The maximum Gasteiger partial charge on any atom is 0.337 e. The molecule has 0 spiro atoms. The van der Waals surface area contributed by atoms with E-state index in [4.69, 9.17) is 5.11 Å². The quantitative estimate of drug-likeness (QED) is 0.868. The topological polar surface area (TPSA) is 67.2 Å². The highest BCUT2D eigenvalue weighted by Crippen LogP contribution is 2.21. The van der Waals surface area contributed by atoms with Crippen LogP contribution >= 0.6 is 0 Å². The number of halogens is 1. The summed E-state index contributed by atoms with van der Waals surface area (Å²) in [6, 6.07) is 5.61.